The number of pyridine rings is 1. The minimum Gasteiger partial charge on any atom is -0.324 e. The second-order valence-corrected chi connectivity index (χ2v) is 7.81. The Labute approximate surface area is 165 Å². The number of rotatable bonds is 3. The Morgan fingerprint density at radius 2 is 1.75 bits per heavy atom. The standard InChI is InChI=1S/C23H24N4O/c1-16-10-12-17(13-11-16)25-22(28)26-19-8-6-14-24-21(19)27-15-23(2,3)18-7-4-5-9-20(18)27/h4-14H,15H2,1-3H3,(H2,25,26,28). The molecule has 3 aromatic rings. The lowest BCUT2D eigenvalue weighted by molar-refractivity contribution is 0.262. The molecule has 5 nitrogen and oxygen atoms in total. The maximum atomic E-state index is 12.5. The summed E-state index contributed by atoms with van der Waals surface area (Å²) in [5.41, 5.74) is 5.01. The minimum absolute atomic E-state index is 0.00947. The van der Waals surface area contributed by atoms with Gasteiger partial charge in [-0.05, 0) is 42.8 Å². The van der Waals surface area contributed by atoms with E-state index in [9.17, 15) is 4.79 Å². The van der Waals surface area contributed by atoms with Crippen molar-refractivity contribution in [3.8, 4) is 0 Å². The van der Waals surface area contributed by atoms with Gasteiger partial charge in [-0.15, -0.1) is 0 Å². The number of nitrogens with one attached hydrogen (secondary N) is 2. The number of urea groups is 1. The Bertz CT molecular complexity index is 1010. The molecule has 0 fully saturated rings. The van der Waals surface area contributed by atoms with E-state index in [4.69, 9.17) is 0 Å². The maximum Gasteiger partial charge on any atom is 0.323 e. The fourth-order valence-electron chi connectivity index (χ4n) is 3.67. The van der Waals surface area contributed by atoms with Gasteiger partial charge in [-0.25, -0.2) is 9.78 Å². The van der Waals surface area contributed by atoms with Crippen molar-refractivity contribution in [2.75, 3.05) is 22.1 Å². The van der Waals surface area contributed by atoms with Gasteiger partial charge in [-0.3, -0.25) is 0 Å². The first-order chi connectivity index (χ1) is 13.4. The van der Waals surface area contributed by atoms with Crippen molar-refractivity contribution in [1.29, 1.82) is 0 Å². The molecule has 0 aliphatic carbocycles. The normalized spacial score (nSPS) is 14.5. The van der Waals surface area contributed by atoms with Gasteiger partial charge in [-0.2, -0.15) is 0 Å². The van der Waals surface area contributed by atoms with Crippen LogP contribution in [-0.4, -0.2) is 17.6 Å². The van der Waals surface area contributed by atoms with Gasteiger partial charge in [0.25, 0.3) is 0 Å². The molecule has 1 aliphatic rings. The van der Waals surface area contributed by atoms with E-state index in [1.165, 1.54) is 5.56 Å². The minimum atomic E-state index is -0.287. The predicted octanol–water partition coefficient (Wildman–Crippen LogP) is 5.46. The van der Waals surface area contributed by atoms with Crippen LogP contribution < -0.4 is 15.5 Å². The van der Waals surface area contributed by atoms with Crippen LogP contribution in [0.25, 0.3) is 0 Å². The van der Waals surface area contributed by atoms with Crippen LogP contribution in [0.4, 0.5) is 27.7 Å². The first kappa shape index (κ1) is 18.0. The average molecular weight is 372 g/mol. The highest BCUT2D eigenvalue weighted by Crippen LogP contribution is 2.45. The number of aryl methyl sites for hydroxylation is 1. The fourth-order valence-corrected chi connectivity index (χ4v) is 3.67. The average Bonchev–Trinajstić information content (AvgIpc) is 2.95. The van der Waals surface area contributed by atoms with E-state index < -0.39 is 0 Å². The van der Waals surface area contributed by atoms with Gasteiger partial charge in [0.2, 0.25) is 0 Å². The molecule has 2 N–H and O–H groups in total. The highest BCUT2D eigenvalue weighted by atomic mass is 16.2. The SMILES string of the molecule is Cc1ccc(NC(=O)Nc2cccnc2N2CC(C)(C)c3ccccc32)cc1. The predicted molar refractivity (Wildman–Crippen MR) is 115 cm³/mol. The zero-order valence-corrected chi connectivity index (χ0v) is 16.4. The molecule has 0 saturated carbocycles. The zero-order valence-electron chi connectivity index (χ0n) is 16.4. The van der Waals surface area contributed by atoms with Crippen LogP contribution in [0, 0.1) is 6.92 Å². The number of amides is 2. The van der Waals surface area contributed by atoms with E-state index in [-0.39, 0.29) is 11.4 Å². The van der Waals surface area contributed by atoms with Crippen LogP contribution in [0.3, 0.4) is 0 Å². The molecule has 2 amide bonds. The molecular weight excluding hydrogens is 348 g/mol. The van der Waals surface area contributed by atoms with Crippen molar-refractivity contribution in [3.05, 3.63) is 78.0 Å². The van der Waals surface area contributed by atoms with Crippen LogP contribution in [0.15, 0.2) is 66.9 Å². The molecule has 4 rings (SSSR count). The third-order valence-electron chi connectivity index (χ3n) is 5.08. The number of hydrogen-bond acceptors (Lipinski definition) is 3. The Morgan fingerprint density at radius 1 is 1.00 bits per heavy atom. The monoisotopic (exact) mass is 372 g/mol. The molecule has 1 aliphatic heterocycles. The molecule has 2 heterocycles. The van der Waals surface area contributed by atoms with Crippen molar-refractivity contribution in [2.45, 2.75) is 26.2 Å². The van der Waals surface area contributed by atoms with E-state index in [0.717, 1.165) is 29.3 Å². The number of carbonyl (C=O) groups is 1. The van der Waals surface area contributed by atoms with Gasteiger partial charge in [0.1, 0.15) is 0 Å². The number of nitrogens with zero attached hydrogens (tertiary/aromatic N) is 2. The summed E-state index contributed by atoms with van der Waals surface area (Å²) >= 11 is 0. The zero-order chi connectivity index (χ0) is 19.7. The summed E-state index contributed by atoms with van der Waals surface area (Å²) < 4.78 is 0. The maximum absolute atomic E-state index is 12.5. The molecule has 0 saturated heterocycles. The third kappa shape index (κ3) is 3.43. The topological polar surface area (TPSA) is 57.3 Å². The van der Waals surface area contributed by atoms with Gasteiger partial charge in [0, 0.05) is 29.5 Å². The first-order valence-electron chi connectivity index (χ1n) is 9.41. The Kier molecular flexibility index (Phi) is 4.51. The number of carbonyl (C=O) groups excluding carboxylic acids is 1. The van der Waals surface area contributed by atoms with Crippen LogP contribution >= 0.6 is 0 Å². The van der Waals surface area contributed by atoms with Crippen molar-refractivity contribution in [1.82, 2.24) is 4.98 Å². The molecule has 0 atom stereocenters. The van der Waals surface area contributed by atoms with Crippen molar-refractivity contribution < 1.29 is 4.79 Å². The highest BCUT2D eigenvalue weighted by molar-refractivity contribution is 6.02. The van der Waals surface area contributed by atoms with E-state index in [2.05, 4.69) is 52.6 Å². The molecule has 0 spiro atoms. The summed E-state index contributed by atoms with van der Waals surface area (Å²) in [4.78, 5) is 19.3. The molecule has 142 valence electrons. The molecule has 0 bridgehead atoms. The molecule has 1 aromatic heterocycles. The Balaban J connectivity index is 1.60. The lowest BCUT2D eigenvalue weighted by Gasteiger charge is -2.23. The van der Waals surface area contributed by atoms with Gasteiger partial charge in [-0.1, -0.05) is 49.7 Å². The summed E-state index contributed by atoms with van der Waals surface area (Å²) in [6, 6.07) is 19.5. The quantitative estimate of drug-likeness (QED) is 0.641. The summed E-state index contributed by atoms with van der Waals surface area (Å²) in [7, 11) is 0. The highest BCUT2D eigenvalue weighted by Gasteiger charge is 2.36. The van der Waals surface area contributed by atoms with Gasteiger partial charge in [0.05, 0.1) is 5.69 Å². The number of hydrogen-bond donors (Lipinski definition) is 2. The van der Waals surface area contributed by atoms with E-state index in [0.29, 0.717) is 5.69 Å². The molecular formula is C23H24N4O. The Morgan fingerprint density at radius 3 is 2.54 bits per heavy atom. The summed E-state index contributed by atoms with van der Waals surface area (Å²) in [6.45, 7) is 7.27. The van der Waals surface area contributed by atoms with Crippen molar-refractivity contribution in [3.63, 3.8) is 0 Å². The van der Waals surface area contributed by atoms with Gasteiger partial charge < -0.3 is 15.5 Å². The lowest BCUT2D eigenvalue weighted by atomic mass is 9.87. The van der Waals surface area contributed by atoms with Gasteiger partial charge in [0.15, 0.2) is 5.82 Å². The second-order valence-electron chi connectivity index (χ2n) is 7.81. The second kappa shape index (κ2) is 7.00. The number of anilines is 4. The molecule has 5 heteroatoms. The van der Waals surface area contributed by atoms with Gasteiger partial charge >= 0.3 is 6.03 Å². The van der Waals surface area contributed by atoms with E-state index in [1.807, 2.05) is 49.4 Å². The number of fused-ring (bicyclic) bond motifs is 1. The lowest BCUT2D eigenvalue weighted by Crippen LogP contribution is -2.27. The van der Waals surface area contributed by atoms with Crippen LogP contribution in [-0.2, 0) is 5.41 Å². The van der Waals surface area contributed by atoms with E-state index >= 15 is 0 Å². The van der Waals surface area contributed by atoms with E-state index in [1.54, 1.807) is 6.20 Å². The summed E-state index contributed by atoms with van der Waals surface area (Å²) in [5, 5.41) is 5.83. The fraction of sp³-hybridized carbons (Fsp3) is 0.217. The first-order valence-corrected chi connectivity index (χ1v) is 9.41. The van der Waals surface area contributed by atoms with Crippen molar-refractivity contribution in [2.24, 2.45) is 0 Å². The smallest absolute Gasteiger partial charge is 0.323 e. The Hall–Kier alpha value is -3.34. The summed E-state index contributed by atoms with van der Waals surface area (Å²) in [5.74, 6) is 0.750. The largest absolute Gasteiger partial charge is 0.324 e. The van der Waals surface area contributed by atoms with Crippen molar-refractivity contribution >= 4 is 28.9 Å². The number of aromatic nitrogens is 1. The third-order valence-corrected chi connectivity index (χ3v) is 5.08. The molecule has 0 radical (unpaired) electrons. The molecule has 2 aromatic carbocycles. The number of para-hydroxylation sites is 1. The summed E-state index contributed by atoms with van der Waals surface area (Å²) in [6.07, 6.45) is 1.76. The van der Waals surface area contributed by atoms with Crippen LogP contribution in [0.1, 0.15) is 25.0 Å². The molecule has 28 heavy (non-hydrogen) atoms. The molecule has 0 unspecified atom stereocenters. The number of benzene rings is 2. The van der Waals surface area contributed by atoms with Crippen LogP contribution in [0.2, 0.25) is 0 Å². The van der Waals surface area contributed by atoms with Crippen LogP contribution in [0.5, 0.6) is 0 Å².